The van der Waals surface area contributed by atoms with E-state index in [9.17, 15) is 19.8 Å². The van der Waals surface area contributed by atoms with Crippen LogP contribution in [0.15, 0.2) is 15.8 Å². The highest BCUT2D eigenvalue weighted by molar-refractivity contribution is 5.05. The smallest absolute Gasteiger partial charge is 0.330 e. The number of hydrogen-bond acceptors (Lipinski definition) is 7. The Labute approximate surface area is 145 Å². The highest BCUT2D eigenvalue weighted by Gasteiger charge is 2.46. The number of aryl methyl sites for hydroxylation is 1. The molecule has 0 saturated carbocycles. The second-order valence-corrected chi connectivity index (χ2v) is 6.65. The summed E-state index contributed by atoms with van der Waals surface area (Å²) in [5.74, 6) is 0. The van der Waals surface area contributed by atoms with E-state index < -0.39 is 48.0 Å². The van der Waals surface area contributed by atoms with Crippen LogP contribution in [0.25, 0.3) is 0 Å². The lowest BCUT2D eigenvalue weighted by atomic mass is 10.1. The summed E-state index contributed by atoms with van der Waals surface area (Å²) in [4.78, 5) is 26.2. The van der Waals surface area contributed by atoms with Crippen LogP contribution in [0.2, 0.25) is 0 Å². The van der Waals surface area contributed by atoms with Crippen LogP contribution in [0.1, 0.15) is 32.6 Å². The second-order valence-electron chi connectivity index (χ2n) is 6.65. The number of nitrogens with zero attached hydrogens (tertiary/aromatic N) is 1. The van der Waals surface area contributed by atoms with Gasteiger partial charge in [-0.2, -0.15) is 0 Å². The number of methoxy groups -OCH3 is 1. The molecule has 1 aromatic heterocycles. The maximum absolute atomic E-state index is 12.2. The van der Waals surface area contributed by atoms with E-state index in [0.717, 1.165) is 0 Å². The first-order valence-electron chi connectivity index (χ1n) is 8.19. The minimum Gasteiger partial charge on any atom is -0.394 e. The molecule has 0 aromatic carbocycles. The molecule has 1 fully saturated rings. The standard InChI is InChI=1S/C16H26N2O7/c1-5-9-6-18(15(22)17-13(9)21)14-12(11(20)10(7-19)25-14)24-8-16(2,3)23-4/h6,10-12,14,19-20H,5,7-8H2,1-4H3,(H,17,21,22). The molecule has 4 unspecified atom stereocenters. The Balaban J connectivity index is 2.36. The van der Waals surface area contributed by atoms with Gasteiger partial charge in [0, 0.05) is 18.9 Å². The van der Waals surface area contributed by atoms with Gasteiger partial charge in [-0.05, 0) is 20.3 Å². The molecule has 0 radical (unpaired) electrons. The van der Waals surface area contributed by atoms with Crippen LogP contribution in [-0.2, 0) is 20.6 Å². The number of aliphatic hydroxyl groups is 2. The third-order valence-electron chi connectivity index (χ3n) is 4.37. The molecule has 2 heterocycles. The third-order valence-corrected chi connectivity index (χ3v) is 4.37. The molecule has 0 amide bonds. The van der Waals surface area contributed by atoms with Gasteiger partial charge in [-0.25, -0.2) is 4.79 Å². The maximum atomic E-state index is 12.2. The van der Waals surface area contributed by atoms with E-state index in [1.807, 2.05) is 13.8 Å². The lowest BCUT2D eigenvalue weighted by molar-refractivity contribution is -0.120. The van der Waals surface area contributed by atoms with Crippen LogP contribution in [0.4, 0.5) is 0 Å². The van der Waals surface area contributed by atoms with Crippen molar-refractivity contribution in [3.8, 4) is 0 Å². The SMILES string of the molecule is CCc1cn(C2OC(CO)C(O)C2OCC(C)(C)OC)c(=O)[nH]c1=O. The molecule has 2 rings (SSSR count). The Bertz CT molecular complexity index is 696. The summed E-state index contributed by atoms with van der Waals surface area (Å²) in [6.45, 7) is 5.13. The molecule has 1 aliphatic rings. The lowest BCUT2D eigenvalue weighted by Gasteiger charge is -2.28. The minimum absolute atomic E-state index is 0.141. The lowest BCUT2D eigenvalue weighted by Crippen LogP contribution is -2.42. The molecule has 0 aliphatic carbocycles. The van der Waals surface area contributed by atoms with E-state index in [2.05, 4.69) is 4.98 Å². The van der Waals surface area contributed by atoms with Crippen LogP contribution in [0.5, 0.6) is 0 Å². The summed E-state index contributed by atoms with van der Waals surface area (Å²) >= 11 is 0. The Morgan fingerprint density at radius 3 is 2.64 bits per heavy atom. The second kappa shape index (κ2) is 7.79. The Morgan fingerprint density at radius 1 is 1.40 bits per heavy atom. The van der Waals surface area contributed by atoms with Gasteiger partial charge in [0.2, 0.25) is 0 Å². The monoisotopic (exact) mass is 358 g/mol. The molecule has 3 N–H and O–H groups in total. The van der Waals surface area contributed by atoms with Crippen molar-refractivity contribution in [2.45, 2.75) is 57.3 Å². The minimum atomic E-state index is -1.13. The number of ether oxygens (including phenoxy) is 3. The molecule has 1 saturated heterocycles. The van der Waals surface area contributed by atoms with Crippen molar-refractivity contribution in [1.29, 1.82) is 0 Å². The van der Waals surface area contributed by atoms with Crippen LogP contribution in [0.3, 0.4) is 0 Å². The van der Waals surface area contributed by atoms with Gasteiger partial charge in [0.05, 0.1) is 18.8 Å². The normalized spacial score (nSPS) is 27.0. The summed E-state index contributed by atoms with van der Waals surface area (Å²) in [6.07, 6.45) is -2.09. The fraction of sp³-hybridized carbons (Fsp3) is 0.750. The van der Waals surface area contributed by atoms with Crippen molar-refractivity contribution in [2.75, 3.05) is 20.3 Å². The summed E-state index contributed by atoms with van der Waals surface area (Å²) in [7, 11) is 1.54. The summed E-state index contributed by atoms with van der Waals surface area (Å²) in [5, 5.41) is 19.8. The van der Waals surface area contributed by atoms with E-state index >= 15 is 0 Å². The van der Waals surface area contributed by atoms with E-state index in [-0.39, 0.29) is 6.61 Å². The average molecular weight is 358 g/mol. The highest BCUT2D eigenvalue weighted by Crippen LogP contribution is 2.31. The summed E-state index contributed by atoms with van der Waals surface area (Å²) < 4.78 is 17.9. The van der Waals surface area contributed by atoms with E-state index in [1.54, 1.807) is 14.0 Å². The van der Waals surface area contributed by atoms with Crippen molar-refractivity contribution in [3.63, 3.8) is 0 Å². The van der Waals surface area contributed by atoms with Crippen LogP contribution >= 0.6 is 0 Å². The zero-order valence-electron chi connectivity index (χ0n) is 14.9. The van der Waals surface area contributed by atoms with E-state index in [4.69, 9.17) is 14.2 Å². The van der Waals surface area contributed by atoms with E-state index in [1.165, 1.54) is 10.8 Å². The van der Waals surface area contributed by atoms with Gasteiger partial charge >= 0.3 is 5.69 Å². The molecule has 1 aliphatic heterocycles. The number of hydrogen-bond donors (Lipinski definition) is 3. The molecule has 0 spiro atoms. The molecule has 142 valence electrons. The van der Waals surface area contributed by atoms with Crippen molar-refractivity contribution in [3.05, 3.63) is 32.6 Å². The predicted octanol–water partition coefficient (Wildman–Crippen LogP) is -0.840. The van der Waals surface area contributed by atoms with Crippen molar-refractivity contribution in [1.82, 2.24) is 9.55 Å². The highest BCUT2D eigenvalue weighted by atomic mass is 16.6. The van der Waals surface area contributed by atoms with Gasteiger partial charge < -0.3 is 24.4 Å². The maximum Gasteiger partial charge on any atom is 0.330 e. The molecule has 25 heavy (non-hydrogen) atoms. The number of rotatable bonds is 7. The molecule has 1 aromatic rings. The number of nitrogens with one attached hydrogen (secondary N) is 1. The molecular weight excluding hydrogens is 332 g/mol. The molecule has 0 bridgehead atoms. The fourth-order valence-electron chi connectivity index (χ4n) is 2.60. The summed E-state index contributed by atoms with van der Waals surface area (Å²) in [6, 6.07) is 0. The van der Waals surface area contributed by atoms with Crippen molar-refractivity contribution < 1.29 is 24.4 Å². The summed E-state index contributed by atoms with van der Waals surface area (Å²) in [5.41, 5.74) is -1.33. The van der Waals surface area contributed by atoms with Gasteiger partial charge in [-0.1, -0.05) is 6.92 Å². The molecule has 4 atom stereocenters. The first-order valence-corrected chi connectivity index (χ1v) is 8.19. The quantitative estimate of drug-likeness (QED) is 0.581. The average Bonchev–Trinajstić information content (AvgIpc) is 2.89. The molecule has 9 heteroatoms. The molecule has 9 nitrogen and oxygen atoms in total. The van der Waals surface area contributed by atoms with Crippen molar-refractivity contribution in [2.24, 2.45) is 0 Å². The first-order chi connectivity index (χ1) is 11.7. The fourth-order valence-corrected chi connectivity index (χ4v) is 2.60. The third kappa shape index (κ3) is 4.18. The largest absolute Gasteiger partial charge is 0.394 e. The number of H-pyrrole nitrogens is 1. The zero-order valence-corrected chi connectivity index (χ0v) is 14.9. The van der Waals surface area contributed by atoms with Gasteiger partial charge in [-0.3, -0.25) is 14.3 Å². The number of aliphatic hydroxyl groups excluding tert-OH is 2. The predicted molar refractivity (Wildman–Crippen MR) is 88.5 cm³/mol. The zero-order chi connectivity index (χ0) is 18.8. The van der Waals surface area contributed by atoms with Gasteiger partial charge in [0.15, 0.2) is 6.23 Å². The van der Waals surface area contributed by atoms with E-state index in [0.29, 0.717) is 12.0 Å². The van der Waals surface area contributed by atoms with Gasteiger partial charge in [-0.15, -0.1) is 0 Å². The van der Waals surface area contributed by atoms with Crippen LogP contribution in [0, 0.1) is 0 Å². The number of aromatic nitrogens is 2. The van der Waals surface area contributed by atoms with Crippen molar-refractivity contribution >= 4 is 0 Å². The Morgan fingerprint density at radius 2 is 2.08 bits per heavy atom. The Hall–Kier alpha value is -1.52. The van der Waals surface area contributed by atoms with Crippen LogP contribution in [-0.4, -0.2) is 64.0 Å². The first kappa shape index (κ1) is 19.8. The number of aromatic amines is 1. The van der Waals surface area contributed by atoms with Crippen LogP contribution < -0.4 is 11.2 Å². The topological polar surface area (TPSA) is 123 Å². The van der Waals surface area contributed by atoms with Gasteiger partial charge in [0.1, 0.15) is 18.3 Å². The van der Waals surface area contributed by atoms with Gasteiger partial charge in [0.25, 0.3) is 5.56 Å². The molecular formula is C16H26N2O7. The Kier molecular flexibility index (Phi) is 6.17.